The quantitative estimate of drug-likeness (QED) is 0.837. The smallest absolute Gasteiger partial charge is 0.243 e. The van der Waals surface area contributed by atoms with Crippen molar-refractivity contribution in [2.75, 3.05) is 6.54 Å². The first-order valence-electron chi connectivity index (χ1n) is 9.05. The van der Waals surface area contributed by atoms with Crippen LogP contribution in [0.1, 0.15) is 59.9 Å². The van der Waals surface area contributed by atoms with Gasteiger partial charge in [-0.1, -0.05) is 11.2 Å². The van der Waals surface area contributed by atoms with E-state index in [9.17, 15) is 8.42 Å². The lowest BCUT2D eigenvalue weighted by Crippen LogP contribution is -2.31. The molecule has 0 N–H and O–H groups in total. The lowest BCUT2D eigenvalue weighted by molar-refractivity contribution is 0.376. The summed E-state index contributed by atoms with van der Waals surface area (Å²) in [5, 5.41) is 4.01. The molecule has 0 radical (unpaired) electrons. The third-order valence-corrected chi connectivity index (χ3v) is 7.46. The molecule has 2 aromatic rings. The summed E-state index contributed by atoms with van der Waals surface area (Å²) in [4.78, 5) is 0.423. The Morgan fingerprint density at radius 1 is 1.12 bits per heavy atom. The highest BCUT2D eigenvalue weighted by molar-refractivity contribution is 7.89. The maximum atomic E-state index is 13.3. The third kappa shape index (κ3) is 2.81. The van der Waals surface area contributed by atoms with E-state index in [0.717, 1.165) is 49.1 Å². The summed E-state index contributed by atoms with van der Waals surface area (Å²) in [6.07, 6.45) is 6.04. The fourth-order valence-electron chi connectivity index (χ4n) is 4.29. The first kappa shape index (κ1) is 16.8. The van der Waals surface area contributed by atoms with Gasteiger partial charge in [0.1, 0.15) is 5.76 Å². The molecule has 1 fully saturated rings. The van der Waals surface area contributed by atoms with E-state index < -0.39 is 10.0 Å². The molecule has 1 aromatic carbocycles. The maximum Gasteiger partial charge on any atom is 0.243 e. The second-order valence-electron chi connectivity index (χ2n) is 7.15. The molecule has 6 heteroatoms. The molecule has 0 spiro atoms. The summed E-state index contributed by atoms with van der Waals surface area (Å²) in [7, 11) is -3.52. The van der Waals surface area contributed by atoms with Crippen LogP contribution in [0.2, 0.25) is 0 Å². The van der Waals surface area contributed by atoms with Gasteiger partial charge >= 0.3 is 0 Å². The van der Waals surface area contributed by atoms with Gasteiger partial charge in [-0.25, -0.2) is 8.42 Å². The molecule has 0 unspecified atom stereocenters. The number of hydrogen-bond acceptors (Lipinski definition) is 4. The Hall–Kier alpha value is -1.66. The van der Waals surface area contributed by atoms with Gasteiger partial charge in [0, 0.05) is 12.1 Å². The number of nitrogens with zero attached hydrogens (tertiary/aromatic N) is 2. The predicted molar refractivity (Wildman–Crippen MR) is 94.9 cm³/mol. The van der Waals surface area contributed by atoms with Crippen LogP contribution in [0.25, 0.3) is 0 Å². The van der Waals surface area contributed by atoms with Crippen LogP contribution in [0.4, 0.5) is 0 Å². The molecule has 2 heterocycles. The van der Waals surface area contributed by atoms with E-state index in [1.807, 2.05) is 26.0 Å². The Balaban J connectivity index is 1.72. The minimum atomic E-state index is -3.52. The largest absolute Gasteiger partial charge is 0.361 e. The van der Waals surface area contributed by atoms with Gasteiger partial charge in [0.15, 0.2) is 0 Å². The van der Waals surface area contributed by atoms with Gasteiger partial charge in [-0.15, -0.1) is 0 Å². The molecular weight excluding hydrogens is 336 g/mol. The lowest BCUT2D eigenvalue weighted by Gasteiger charge is -2.25. The van der Waals surface area contributed by atoms with Crippen molar-refractivity contribution < 1.29 is 12.9 Å². The molecular formula is C19H24N2O3S. The van der Waals surface area contributed by atoms with E-state index >= 15 is 0 Å². The van der Waals surface area contributed by atoms with Crippen LogP contribution < -0.4 is 0 Å². The van der Waals surface area contributed by atoms with Crippen molar-refractivity contribution >= 4 is 10.0 Å². The third-order valence-electron chi connectivity index (χ3n) is 5.55. The van der Waals surface area contributed by atoms with Crippen molar-refractivity contribution in [3.8, 4) is 0 Å². The average Bonchev–Trinajstić information content (AvgIpc) is 3.21. The number of aromatic nitrogens is 1. The first-order chi connectivity index (χ1) is 12.0. The summed E-state index contributed by atoms with van der Waals surface area (Å²) in [6, 6.07) is 5.50. The fraction of sp³-hybridized carbons (Fsp3) is 0.526. The van der Waals surface area contributed by atoms with E-state index in [2.05, 4.69) is 5.16 Å². The highest BCUT2D eigenvalue weighted by Crippen LogP contribution is 2.39. The van der Waals surface area contributed by atoms with Gasteiger partial charge in [0.25, 0.3) is 0 Å². The standard InChI is InChI=1S/C19H24N2O3S/c1-13-19(14(2)24-20-13)18-8-5-11-21(18)25(22,23)17-10-9-15-6-3-4-7-16(15)12-17/h9-10,12,18H,3-8,11H2,1-2H3/t18-/m1/s1. The van der Waals surface area contributed by atoms with E-state index in [4.69, 9.17) is 4.52 Å². The number of rotatable bonds is 3. The second-order valence-corrected chi connectivity index (χ2v) is 9.04. The van der Waals surface area contributed by atoms with Crippen molar-refractivity contribution in [3.63, 3.8) is 0 Å². The van der Waals surface area contributed by atoms with Gasteiger partial charge in [0.2, 0.25) is 10.0 Å². The Morgan fingerprint density at radius 2 is 1.88 bits per heavy atom. The van der Waals surface area contributed by atoms with Crippen molar-refractivity contribution in [1.29, 1.82) is 0 Å². The second kappa shape index (κ2) is 6.25. The average molecular weight is 360 g/mol. The molecule has 25 heavy (non-hydrogen) atoms. The van der Waals surface area contributed by atoms with Crippen molar-refractivity contribution in [3.05, 3.63) is 46.3 Å². The highest BCUT2D eigenvalue weighted by Gasteiger charge is 2.39. The van der Waals surface area contributed by atoms with Crippen LogP contribution in [-0.2, 0) is 22.9 Å². The van der Waals surface area contributed by atoms with Crippen LogP contribution in [0, 0.1) is 13.8 Å². The fourth-order valence-corrected chi connectivity index (χ4v) is 6.01. The summed E-state index contributed by atoms with van der Waals surface area (Å²) < 4.78 is 33.6. The van der Waals surface area contributed by atoms with Gasteiger partial charge in [-0.05, 0) is 75.6 Å². The molecule has 0 bridgehead atoms. The van der Waals surface area contributed by atoms with Crippen LogP contribution in [0.3, 0.4) is 0 Å². The topological polar surface area (TPSA) is 63.4 Å². The molecule has 134 valence electrons. The zero-order valence-electron chi connectivity index (χ0n) is 14.8. The Bertz CT molecular complexity index is 882. The van der Waals surface area contributed by atoms with Crippen molar-refractivity contribution in [2.24, 2.45) is 0 Å². The van der Waals surface area contributed by atoms with Gasteiger partial charge in [0.05, 0.1) is 16.6 Å². The van der Waals surface area contributed by atoms with E-state index in [-0.39, 0.29) is 6.04 Å². The van der Waals surface area contributed by atoms with Crippen LogP contribution in [0.5, 0.6) is 0 Å². The molecule has 2 aliphatic rings. The van der Waals surface area contributed by atoms with E-state index in [1.54, 1.807) is 10.4 Å². The number of benzene rings is 1. The van der Waals surface area contributed by atoms with Crippen LogP contribution >= 0.6 is 0 Å². The molecule has 1 aliphatic carbocycles. The minimum Gasteiger partial charge on any atom is -0.361 e. The molecule has 0 amide bonds. The summed E-state index contributed by atoms with van der Waals surface area (Å²) in [5.41, 5.74) is 4.21. The zero-order valence-corrected chi connectivity index (χ0v) is 15.6. The molecule has 0 saturated carbocycles. The normalized spacial score (nSPS) is 21.4. The number of aryl methyl sites for hydroxylation is 4. The molecule has 5 nitrogen and oxygen atoms in total. The SMILES string of the molecule is Cc1noc(C)c1[C@H]1CCCN1S(=O)(=O)c1ccc2c(c1)CCCC2. The zero-order chi connectivity index (χ0) is 17.6. The maximum absolute atomic E-state index is 13.3. The molecule has 1 atom stereocenters. The Kier molecular flexibility index (Phi) is 4.20. The summed E-state index contributed by atoms with van der Waals surface area (Å²) in [6.45, 7) is 4.29. The minimum absolute atomic E-state index is 0.174. The number of hydrogen-bond donors (Lipinski definition) is 0. The molecule has 1 aliphatic heterocycles. The van der Waals surface area contributed by atoms with Gasteiger partial charge < -0.3 is 4.52 Å². The van der Waals surface area contributed by atoms with Crippen LogP contribution in [-0.4, -0.2) is 24.4 Å². The predicted octanol–water partition coefficient (Wildman–Crippen LogP) is 3.70. The van der Waals surface area contributed by atoms with Gasteiger partial charge in [-0.2, -0.15) is 4.31 Å². The summed E-state index contributed by atoms with van der Waals surface area (Å²) >= 11 is 0. The van der Waals surface area contributed by atoms with E-state index in [0.29, 0.717) is 11.4 Å². The van der Waals surface area contributed by atoms with Crippen molar-refractivity contribution in [2.45, 2.75) is 63.3 Å². The Labute approximate surface area is 149 Å². The molecule has 1 aromatic heterocycles. The number of sulfonamides is 1. The van der Waals surface area contributed by atoms with Crippen LogP contribution in [0.15, 0.2) is 27.6 Å². The number of fused-ring (bicyclic) bond motifs is 1. The Morgan fingerprint density at radius 3 is 2.60 bits per heavy atom. The monoisotopic (exact) mass is 360 g/mol. The molecule has 1 saturated heterocycles. The lowest BCUT2D eigenvalue weighted by atomic mass is 9.92. The van der Waals surface area contributed by atoms with Gasteiger partial charge in [-0.3, -0.25) is 0 Å². The first-order valence-corrected chi connectivity index (χ1v) is 10.5. The van der Waals surface area contributed by atoms with Crippen molar-refractivity contribution in [1.82, 2.24) is 9.46 Å². The highest BCUT2D eigenvalue weighted by atomic mass is 32.2. The van der Waals surface area contributed by atoms with E-state index in [1.165, 1.54) is 17.5 Å². The summed E-state index contributed by atoms with van der Waals surface area (Å²) in [5.74, 6) is 0.718. The molecule has 4 rings (SSSR count).